The first-order chi connectivity index (χ1) is 5.66. The van der Waals surface area contributed by atoms with Crippen molar-refractivity contribution in [3.05, 3.63) is 26.3 Å². The summed E-state index contributed by atoms with van der Waals surface area (Å²) >= 11 is 8.17. The van der Waals surface area contributed by atoms with Gasteiger partial charge in [0.15, 0.2) is 0 Å². The van der Waals surface area contributed by atoms with Crippen molar-refractivity contribution in [2.75, 3.05) is 6.61 Å². The van der Waals surface area contributed by atoms with Gasteiger partial charge < -0.3 is 4.74 Å². The van der Waals surface area contributed by atoms with Crippen LogP contribution >= 0.6 is 34.2 Å². The van der Waals surface area contributed by atoms with Crippen LogP contribution in [0.25, 0.3) is 0 Å². The number of halogens is 2. The highest BCUT2D eigenvalue weighted by molar-refractivity contribution is 14.1. The molecule has 0 aliphatic carbocycles. The van der Waals surface area contributed by atoms with Crippen molar-refractivity contribution in [3.8, 4) is 5.75 Å². The lowest BCUT2D eigenvalue weighted by atomic mass is 10.2. The van der Waals surface area contributed by atoms with Crippen molar-refractivity contribution in [1.29, 1.82) is 0 Å². The number of ether oxygens (including phenoxy) is 1. The fourth-order valence-corrected chi connectivity index (χ4v) is 1.85. The summed E-state index contributed by atoms with van der Waals surface area (Å²) < 4.78 is 6.51. The molecule has 0 radical (unpaired) electrons. The Kier molecular flexibility index (Phi) is 3.65. The molecule has 1 aromatic rings. The molecule has 0 atom stereocenters. The number of hydrogen-bond acceptors (Lipinski definition) is 1. The maximum atomic E-state index is 5.93. The predicted octanol–water partition coefficient (Wildman–Crippen LogP) is 3.65. The van der Waals surface area contributed by atoms with Crippen molar-refractivity contribution in [2.24, 2.45) is 0 Å². The Morgan fingerprint density at radius 3 is 2.75 bits per heavy atom. The van der Waals surface area contributed by atoms with Crippen LogP contribution in [0.2, 0.25) is 5.02 Å². The van der Waals surface area contributed by atoms with Gasteiger partial charge in [0.2, 0.25) is 0 Å². The predicted molar refractivity (Wildman–Crippen MR) is 60.1 cm³/mol. The molecule has 0 fully saturated rings. The Balaban J connectivity index is 3.08. The molecule has 1 nitrogen and oxygen atoms in total. The second kappa shape index (κ2) is 4.33. The van der Waals surface area contributed by atoms with E-state index in [-0.39, 0.29) is 0 Å². The summed E-state index contributed by atoms with van der Waals surface area (Å²) in [5.74, 6) is 0.917. The van der Waals surface area contributed by atoms with Crippen molar-refractivity contribution >= 4 is 34.2 Å². The van der Waals surface area contributed by atoms with Gasteiger partial charge in [0.05, 0.1) is 10.2 Å². The van der Waals surface area contributed by atoms with Gasteiger partial charge in [-0.25, -0.2) is 0 Å². The van der Waals surface area contributed by atoms with Crippen LogP contribution in [0.4, 0.5) is 0 Å². The normalized spacial score (nSPS) is 10.0. The van der Waals surface area contributed by atoms with Gasteiger partial charge >= 0.3 is 0 Å². The largest absolute Gasteiger partial charge is 0.493 e. The minimum atomic E-state index is 0.692. The number of benzene rings is 1. The van der Waals surface area contributed by atoms with E-state index in [4.69, 9.17) is 16.3 Å². The quantitative estimate of drug-likeness (QED) is 0.757. The zero-order valence-corrected chi connectivity index (χ0v) is 9.94. The van der Waals surface area contributed by atoms with Gasteiger partial charge in [-0.15, -0.1) is 0 Å². The molecule has 1 aromatic carbocycles. The summed E-state index contributed by atoms with van der Waals surface area (Å²) in [5.41, 5.74) is 1.09. The molecule has 0 aliphatic heterocycles. The van der Waals surface area contributed by atoms with E-state index in [1.54, 1.807) is 0 Å². The monoisotopic (exact) mass is 296 g/mol. The summed E-state index contributed by atoms with van der Waals surface area (Å²) in [6.07, 6.45) is 0. The van der Waals surface area contributed by atoms with E-state index >= 15 is 0 Å². The molecular weight excluding hydrogens is 286 g/mol. The first-order valence-corrected chi connectivity index (χ1v) is 5.20. The van der Waals surface area contributed by atoms with Gasteiger partial charge in [-0.1, -0.05) is 11.6 Å². The lowest BCUT2D eigenvalue weighted by molar-refractivity contribution is 0.337. The molecule has 0 bridgehead atoms. The van der Waals surface area contributed by atoms with Gasteiger partial charge in [-0.3, -0.25) is 0 Å². The highest BCUT2D eigenvalue weighted by Gasteiger charge is 2.05. The average molecular weight is 297 g/mol. The first kappa shape index (κ1) is 10.1. The van der Waals surface area contributed by atoms with Crippen molar-refractivity contribution in [3.63, 3.8) is 0 Å². The Labute approximate surface area is 91.2 Å². The zero-order chi connectivity index (χ0) is 9.14. The van der Waals surface area contributed by atoms with Crippen molar-refractivity contribution < 1.29 is 4.74 Å². The van der Waals surface area contributed by atoms with E-state index < -0.39 is 0 Å². The van der Waals surface area contributed by atoms with Crippen LogP contribution in [0.15, 0.2) is 12.1 Å². The highest BCUT2D eigenvalue weighted by atomic mass is 127. The molecular formula is C9H10ClIO. The number of hydrogen-bond donors (Lipinski definition) is 0. The minimum absolute atomic E-state index is 0.692. The summed E-state index contributed by atoms with van der Waals surface area (Å²) in [7, 11) is 0. The molecule has 0 saturated heterocycles. The molecule has 0 amide bonds. The Bertz CT molecular complexity index is 286. The Morgan fingerprint density at radius 1 is 1.50 bits per heavy atom. The van der Waals surface area contributed by atoms with Crippen LogP contribution < -0.4 is 4.74 Å². The maximum Gasteiger partial charge on any atom is 0.132 e. The van der Waals surface area contributed by atoms with Gasteiger partial charge in [-0.05, 0) is 54.1 Å². The van der Waals surface area contributed by atoms with E-state index in [2.05, 4.69) is 22.6 Å². The van der Waals surface area contributed by atoms with Crippen molar-refractivity contribution in [2.45, 2.75) is 13.8 Å². The molecule has 0 unspecified atom stereocenters. The molecule has 1 rings (SSSR count). The van der Waals surface area contributed by atoms with Crippen LogP contribution in [0.1, 0.15) is 12.5 Å². The van der Waals surface area contributed by atoms with E-state index in [0.29, 0.717) is 6.61 Å². The molecule has 0 aliphatic rings. The van der Waals surface area contributed by atoms with Gasteiger partial charge in [-0.2, -0.15) is 0 Å². The Hall–Kier alpha value is 0.0400. The molecule has 12 heavy (non-hydrogen) atoms. The second-order valence-corrected chi connectivity index (χ2v) is 3.90. The van der Waals surface area contributed by atoms with Crippen LogP contribution in [-0.4, -0.2) is 6.61 Å². The van der Waals surface area contributed by atoms with Gasteiger partial charge in [0.25, 0.3) is 0 Å². The van der Waals surface area contributed by atoms with E-state index in [1.807, 2.05) is 26.0 Å². The lowest BCUT2D eigenvalue weighted by Gasteiger charge is -2.08. The Morgan fingerprint density at radius 2 is 2.17 bits per heavy atom. The molecule has 0 N–H and O–H groups in total. The standard InChI is InChI=1S/C9H10ClIO/c1-3-12-8-5-4-7(10)6(2)9(8)11/h4-5H,3H2,1-2H3. The molecule has 66 valence electrons. The van der Waals surface area contributed by atoms with E-state index in [0.717, 1.165) is 19.9 Å². The second-order valence-electron chi connectivity index (χ2n) is 2.42. The molecule has 0 saturated carbocycles. The maximum absolute atomic E-state index is 5.93. The minimum Gasteiger partial charge on any atom is -0.493 e. The zero-order valence-electron chi connectivity index (χ0n) is 7.03. The van der Waals surface area contributed by atoms with Crippen LogP contribution in [-0.2, 0) is 0 Å². The first-order valence-electron chi connectivity index (χ1n) is 3.74. The molecule has 0 spiro atoms. The summed E-state index contributed by atoms with van der Waals surface area (Å²) in [6.45, 7) is 4.66. The molecule has 0 aromatic heterocycles. The molecule has 3 heteroatoms. The van der Waals surface area contributed by atoms with Crippen LogP contribution in [0.3, 0.4) is 0 Å². The third kappa shape index (κ3) is 2.04. The molecule has 0 heterocycles. The number of rotatable bonds is 2. The van der Waals surface area contributed by atoms with Crippen LogP contribution in [0.5, 0.6) is 5.75 Å². The fourth-order valence-electron chi connectivity index (χ4n) is 0.904. The summed E-state index contributed by atoms with van der Waals surface area (Å²) in [6, 6.07) is 3.77. The SMILES string of the molecule is CCOc1ccc(Cl)c(C)c1I. The van der Waals surface area contributed by atoms with E-state index in [1.165, 1.54) is 0 Å². The average Bonchev–Trinajstić information content (AvgIpc) is 2.07. The van der Waals surface area contributed by atoms with Crippen molar-refractivity contribution in [1.82, 2.24) is 0 Å². The third-order valence-corrected chi connectivity index (χ3v) is 3.33. The smallest absolute Gasteiger partial charge is 0.132 e. The summed E-state index contributed by atoms with van der Waals surface area (Å²) in [4.78, 5) is 0. The van der Waals surface area contributed by atoms with E-state index in [9.17, 15) is 0 Å². The summed E-state index contributed by atoms with van der Waals surface area (Å²) in [5, 5.41) is 0.794. The lowest BCUT2D eigenvalue weighted by Crippen LogP contribution is -1.95. The van der Waals surface area contributed by atoms with Crippen LogP contribution in [0, 0.1) is 10.5 Å². The van der Waals surface area contributed by atoms with Gasteiger partial charge in [0, 0.05) is 5.02 Å². The topological polar surface area (TPSA) is 9.23 Å². The van der Waals surface area contributed by atoms with Gasteiger partial charge in [0.1, 0.15) is 5.75 Å². The highest BCUT2D eigenvalue weighted by Crippen LogP contribution is 2.29. The third-order valence-electron chi connectivity index (χ3n) is 1.58. The fraction of sp³-hybridized carbons (Fsp3) is 0.333.